The van der Waals surface area contributed by atoms with Gasteiger partial charge in [0.1, 0.15) is 6.67 Å². The summed E-state index contributed by atoms with van der Waals surface area (Å²) in [6.45, 7) is 2.11. The van der Waals surface area contributed by atoms with Crippen molar-refractivity contribution in [3.05, 3.63) is 54.1 Å². The van der Waals surface area contributed by atoms with Crippen LogP contribution in [0.4, 0.5) is 4.39 Å². The van der Waals surface area contributed by atoms with Gasteiger partial charge in [-0.3, -0.25) is 0 Å². The Hall–Kier alpha value is -1.87. The van der Waals surface area contributed by atoms with E-state index in [0.717, 1.165) is 30.6 Å². The molecule has 0 aliphatic carbocycles. The van der Waals surface area contributed by atoms with Crippen molar-refractivity contribution < 1.29 is 4.39 Å². The van der Waals surface area contributed by atoms with Crippen molar-refractivity contribution in [1.82, 2.24) is 9.62 Å². The fraction of sp³-hybridized carbons (Fsp3) is 0.316. The van der Waals surface area contributed by atoms with Crippen LogP contribution >= 0.6 is 11.9 Å². The number of nitriles is 1. The molecular formula is C19H20FN3S. The first-order valence-electron chi connectivity index (χ1n) is 8.11. The third-order valence-corrected chi connectivity index (χ3v) is 5.19. The first-order chi connectivity index (χ1) is 11.8. The van der Waals surface area contributed by atoms with Crippen molar-refractivity contribution in [2.75, 3.05) is 26.3 Å². The monoisotopic (exact) mass is 341 g/mol. The zero-order valence-electron chi connectivity index (χ0n) is 13.4. The Balaban J connectivity index is 1.58. The molecule has 1 saturated heterocycles. The van der Waals surface area contributed by atoms with Crippen molar-refractivity contribution in [2.24, 2.45) is 0 Å². The Labute approximate surface area is 146 Å². The van der Waals surface area contributed by atoms with Gasteiger partial charge in [0.2, 0.25) is 0 Å². The summed E-state index contributed by atoms with van der Waals surface area (Å²) in [5, 5.41) is 12.1. The lowest BCUT2D eigenvalue weighted by atomic mass is 10.0. The third-order valence-electron chi connectivity index (χ3n) is 4.11. The smallest absolute Gasteiger partial charge is 0.102 e. The summed E-state index contributed by atoms with van der Waals surface area (Å²) in [6, 6.07) is 18.6. The summed E-state index contributed by atoms with van der Waals surface area (Å²) in [4.78, 5) is 1.21. The quantitative estimate of drug-likeness (QED) is 0.810. The van der Waals surface area contributed by atoms with Gasteiger partial charge in [0.25, 0.3) is 0 Å². The molecule has 124 valence electrons. The summed E-state index contributed by atoms with van der Waals surface area (Å²) < 4.78 is 14.5. The van der Waals surface area contributed by atoms with Crippen molar-refractivity contribution in [3.8, 4) is 17.2 Å². The Morgan fingerprint density at radius 3 is 2.42 bits per heavy atom. The van der Waals surface area contributed by atoms with E-state index in [2.05, 4.69) is 40.0 Å². The number of alkyl halides is 1. The van der Waals surface area contributed by atoms with E-state index in [0.29, 0.717) is 18.2 Å². The number of nitrogens with zero attached hydrogens (tertiary/aromatic N) is 2. The normalized spacial score (nSPS) is 17.8. The second-order valence-corrected chi connectivity index (χ2v) is 6.99. The SMILES string of the molecule is N#Cc1ccc(-c2ccc(SN3CCC(NCCF)C3)cc2)cc1. The van der Waals surface area contributed by atoms with Gasteiger partial charge in [-0.1, -0.05) is 24.3 Å². The molecule has 0 radical (unpaired) electrons. The molecule has 1 aliphatic heterocycles. The number of benzene rings is 2. The van der Waals surface area contributed by atoms with E-state index in [1.54, 1.807) is 11.9 Å². The molecule has 2 aromatic rings. The van der Waals surface area contributed by atoms with Gasteiger partial charge in [0.15, 0.2) is 0 Å². The van der Waals surface area contributed by atoms with Crippen molar-refractivity contribution in [2.45, 2.75) is 17.4 Å². The standard InChI is InChI=1S/C19H20FN3S/c20-10-11-22-18-9-12-23(14-18)24-19-7-5-17(6-8-19)16-3-1-15(13-21)2-4-16/h1-8,18,22H,9-12,14H2. The summed E-state index contributed by atoms with van der Waals surface area (Å²) >= 11 is 1.75. The lowest BCUT2D eigenvalue weighted by Gasteiger charge is -2.15. The first kappa shape index (κ1) is 17.0. The third kappa shape index (κ3) is 4.35. The minimum Gasteiger partial charge on any atom is -0.310 e. The van der Waals surface area contributed by atoms with Gasteiger partial charge >= 0.3 is 0 Å². The van der Waals surface area contributed by atoms with Crippen LogP contribution in [0, 0.1) is 11.3 Å². The van der Waals surface area contributed by atoms with Crippen molar-refractivity contribution in [1.29, 1.82) is 5.26 Å². The molecule has 1 aliphatic rings. The summed E-state index contributed by atoms with van der Waals surface area (Å²) in [7, 11) is 0. The van der Waals surface area contributed by atoms with E-state index >= 15 is 0 Å². The van der Waals surface area contributed by atoms with Crippen LogP contribution in [0.5, 0.6) is 0 Å². The highest BCUT2D eigenvalue weighted by molar-refractivity contribution is 7.97. The molecule has 3 rings (SSSR count). The Bertz CT molecular complexity index is 694. The number of rotatable bonds is 6. The molecule has 0 amide bonds. The molecule has 0 saturated carbocycles. The van der Waals surface area contributed by atoms with Crippen LogP contribution in [-0.4, -0.2) is 36.7 Å². The second kappa shape index (κ2) is 8.29. The number of hydrogen-bond acceptors (Lipinski definition) is 4. The molecule has 1 N–H and O–H groups in total. The van der Waals surface area contributed by atoms with Crippen LogP contribution in [0.3, 0.4) is 0 Å². The number of hydrogen-bond donors (Lipinski definition) is 1. The summed E-state index contributed by atoms with van der Waals surface area (Å²) in [5.74, 6) is 0. The lowest BCUT2D eigenvalue weighted by Crippen LogP contribution is -2.32. The van der Waals surface area contributed by atoms with Crippen LogP contribution in [0.25, 0.3) is 11.1 Å². The maximum atomic E-state index is 12.2. The highest BCUT2D eigenvalue weighted by atomic mass is 32.2. The average Bonchev–Trinajstić information content (AvgIpc) is 3.08. The minimum absolute atomic E-state index is 0.305. The molecule has 0 bridgehead atoms. The van der Waals surface area contributed by atoms with Crippen molar-refractivity contribution in [3.63, 3.8) is 0 Å². The summed E-state index contributed by atoms with van der Waals surface area (Å²) in [6.07, 6.45) is 1.07. The maximum absolute atomic E-state index is 12.2. The predicted molar refractivity (Wildman–Crippen MR) is 96.4 cm³/mol. The predicted octanol–water partition coefficient (Wildman–Crippen LogP) is 3.87. The minimum atomic E-state index is -0.305. The second-order valence-electron chi connectivity index (χ2n) is 5.82. The highest BCUT2D eigenvalue weighted by Gasteiger charge is 2.22. The van der Waals surface area contributed by atoms with Crippen LogP contribution in [0.1, 0.15) is 12.0 Å². The van der Waals surface area contributed by atoms with Crippen LogP contribution in [0.2, 0.25) is 0 Å². The highest BCUT2D eigenvalue weighted by Crippen LogP contribution is 2.29. The van der Waals surface area contributed by atoms with Crippen LogP contribution in [0.15, 0.2) is 53.4 Å². The Morgan fingerprint density at radius 1 is 1.12 bits per heavy atom. The molecule has 1 fully saturated rings. The van der Waals surface area contributed by atoms with Crippen LogP contribution in [-0.2, 0) is 0 Å². The van der Waals surface area contributed by atoms with Gasteiger partial charge in [-0.15, -0.1) is 0 Å². The fourth-order valence-corrected chi connectivity index (χ4v) is 3.84. The largest absolute Gasteiger partial charge is 0.310 e. The molecule has 1 heterocycles. The average molecular weight is 341 g/mol. The zero-order chi connectivity index (χ0) is 16.8. The molecule has 2 aromatic carbocycles. The van der Waals surface area contributed by atoms with Gasteiger partial charge in [0.05, 0.1) is 11.6 Å². The fourth-order valence-electron chi connectivity index (χ4n) is 2.83. The molecule has 0 spiro atoms. The molecule has 3 nitrogen and oxygen atoms in total. The van der Waals surface area contributed by atoms with Gasteiger partial charge in [0, 0.05) is 30.6 Å². The van der Waals surface area contributed by atoms with E-state index in [1.165, 1.54) is 4.90 Å². The maximum Gasteiger partial charge on any atom is 0.102 e. The molecule has 5 heteroatoms. The molecule has 24 heavy (non-hydrogen) atoms. The lowest BCUT2D eigenvalue weighted by molar-refractivity contribution is 0.432. The first-order valence-corrected chi connectivity index (χ1v) is 8.88. The van der Waals surface area contributed by atoms with Gasteiger partial charge in [-0.05, 0) is 53.8 Å². The number of halogens is 1. The van der Waals surface area contributed by atoms with Crippen molar-refractivity contribution >= 4 is 11.9 Å². The Kier molecular flexibility index (Phi) is 5.86. The van der Waals surface area contributed by atoms with Crippen LogP contribution < -0.4 is 5.32 Å². The summed E-state index contributed by atoms with van der Waals surface area (Å²) in [5.41, 5.74) is 2.94. The zero-order valence-corrected chi connectivity index (χ0v) is 14.2. The van der Waals surface area contributed by atoms with Gasteiger partial charge < -0.3 is 5.32 Å². The number of nitrogens with one attached hydrogen (secondary N) is 1. The van der Waals surface area contributed by atoms with E-state index in [9.17, 15) is 4.39 Å². The van der Waals surface area contributed by atoms with Gasteiger partial charge in [-0.25, -0.2) is 8.70 Å². The van der Waals surface area contributed by atoms with E-state index in [-0.39, 0.29) is 6.67 Å². The molecular weight excluding hydrogens is 321 g/mol. The van der Waals surface area contributed by atoms with E-state index in [4.69, 9.17) is 5.26 Å². The van der Waals surface area contributed by atoms with E-state index in [1.807, 2.05) is 24.3 Å². The Morgan fingerprint density at radius 2 is 1.79 bits per heavy atom. The molecule has 0 aromatic heterocycles. The molecule has 1 unspecified atom stereocenters. The molecule has 1 atom stereocenters. The topological polar surface area (TPSA) is 39.1 Å². The van der Waals surface area contributed by atoms with Gasteiger partial charge in [-0.2, -0.15) is 5.26 Å². The van der Waals surface area contributed by atoms with E-state index < -0.39 is 0 Å².